The molecule has 1 amide bonds. The van der Waals surface area contributed by atoms with Gasteiger partial charge in [0.2, 0.25) is 0 Å². The number of aryl methyl sites for hydroxylation is 1. The number of hydrogen-bond donors (Lipinski definition) is 2. The number of fused-ring (bicyclic) bond motifs is 2. The zero-order valence-corrected chi connectivity index (χ0v) is 19.6. The summed E-state index contributed by atoms with van der Waals surface area (Å²) in [6.45, 7) is 4.24. The molecule has 10 nitrogen and oxygen atoms in total. The van der Waals surface area contributed by atoms with E-state index >= 15 is 0 Å². The van der Waals surface area contributed by atoms with Crippen molar-refractivity contribution in [3.05, 3.63) is 71.7 Å². The predicted octanol–water partition coefficient (Wildman–Crippen LogP) is 2.74. The second-order valence-electron chi connectivity index (χ2n) is 9.50. The third-order valence-electron chi connectivity index (χ3n) is 6.77. The number of aromatic nitrogens is 6. The largest absolute Gasteiger partial charge is 0.381 e. The van der Waals surface area contributed by atoms with Gasteiger partial charge in [0.1, 0.15) is 6.33 Å². The molecule has 3 aromatic heterocycles. The van der Waals surface area contributed by atoms with Crippen molar-refractivity contribution >= 4 is 17.4 Å². The second-order valence-corrected chi connectivity index (χ2v) is 9.50. The number of carbonyl (C=O) groups is 1. The summed E-state index contributed by atoms with van der Waals surface area (Å²) in [5.41, 5.74) is 13.2. The molecule has 0 atom stereocenters. The zero-order chi connectivity index (χ0) is 24.2. The number of hydrogen-bond acceptors (Lipinski definition) is 8. The summed E-state index contributed by atoms with van der Waals surface area (Å²) in [6.07, 6.45) is 11.7. The average molecular weight is 468 g/mol. The number of likely N-dealkylation sites (N-methyl/N-ethyl adjacent to an activating group) is 1. The van der Waals surface area contributed by atoms with Gasteiger partial charge < -0.3 is 16.0 Å². The second kappa shape index (κ2) is 7.95. The molecular weight excluding hydrogens is 442 g/mol. The molecule has 4 aromatic rings. The van der Waals surface area contributed by atoms with E-state index in [4.69, 9.17) is 10.7 Å². The first-order valence-electron chi connectivity index (χ1n) is 11.5. The molecule has 1 fully saturated rings. The van der Waals surface area contributed by atoms with Crippen LogP contribution in [0.5, 0.6) is 0 Å². The Hall–Kier alpha value is -4.18. The molecule has 176 valence electrons. The molecule has 3 N–H and O–H groups in total. The van der Waals surface area contributed by atoms with Crippen LogP contribution in [0.2, 0.25) is 0 Å². The third kappa shape index (κ3) is 3.81. The molecular formula is C25H25N9O. The van der Waals surface area contributed by atoms with Crippen LogP contribution in [-0.2, 0) is 12.0 Å². The van der Waals surface area contributed by atoms with Crippen LogP contribution < -0.4 is 11.1 Å². The fraction of sp³-hybridized carbons (Fsp3) is 0.280. The summed E-state index contributed by atoms with van der Waals surface area (Å²) >= 11 is 0. The minimum Gasteiger partial charge on any atom is -0.381 e. The van der Waals surface area contributed by atoms with Gasteiger partial charge in [-0.25, -0.2) is 24.6 Å². The van der Waals surface area contributed by atoms with E-state index in [1.807, 2.05) is 0 Å². The summed E-state index contributed by atoms with van der Waals surface area (Å²) in [5, 5.41) is 7.04. The summed E-state index contributed by atoms with van der Waals surface area (Å²) in [6, 6.07) is 4.42. The highest BCUT2D eigenvalue weighted by Gasteiger charge is 2.49. The number of nitrogens with zero attached hydrogens (tertiary/aromatic N) is 7. The quantitative estimate of drug-likeness (QED) is 0.469. The number of rotatable bonds is 4. The van der Waals surface area contributed by atoms with Crippen molar-refractivity contribution in [2.24, 2.45) is 0 Å². The smallest absolute Gasteiger partial charge is 0.258 e. The predicted molar refractivity (Wildman–Crippen MR) is 131 cm³/mol. The number of benzene rings is 1. The molecule has 2 aliphatic rings. The Bertz CT molecular complexity index is 1440. The van der Waals surface area contributed by atoms with Crippen molar-refractivity contribution in [1.82, 2.24) is 34.6 Å². The lowest BCUT2D eigenvalue weighted by Crippen LogP contribution is -2.35. The number of nitrogens with one attached hydrogen (secondary N) is 1. The van der Waals surface area contributed by atoms with E-state index in [2.05, 4.69) is 56.4 Å². The van der Waals surface area contributed by atoms with Gasteiger partial charge in [-0.05, 0) is 55.6 Å². The number of amides is 1. The maximum absolute atomic E-state index is 12.6. The molecule has 4 heterocycles. The van der Waals surface area contributed by atoms with Gasteiger partial charge in [0, 0.05) is 30.3 Å². The summed E-state index contributed by atoms with van der Waals surface area (Å²) in [4.78, 5) is 32.0. The highest BCUT2D eigenvalue weighted by Crippen LogP contribution is 2.53. The van der Waals surface area contributed by atoms with Gasteiger partial charge in [0.15, 0.2) is 11.6 Å². The zero-order valence-electron chi connectivity index (χ0n) is 19.6. The molecule has 1 spiro atoms. The highest BCUT2D eigenvalue weighted by atomic mass is 16.1. The molecule has 1 aromatic carbocycles. The van der Waals surface area contributed by atoms with Gasteiger partial charge in [0.25, 0.3) is 5.91 Å². The molecule has 1 aliphatic heterocycles. The Morgan fingerprint density at radius 2 is 1.94 bits per heavy atom. The van der Waals surface area contributed by atoms with Crippen LogP contribution in [0.25, 0.3) is 17.1 Å². The maximum Gasteiger partial charge on any atom is 0.258 e. The minimum absolute atomic E-state index is 0.228. The van der Waals surface area contributed by atoms with Gasteiger partial charge in [-0.15, -0.1) is 0 Å². The Labute approximate surface area is 202 Å². The van der Waals surface area contributed by atoms with Gasteiger partial charge in [-0.3, -0.25) is 4.79 Å². The first-order valence-corrected chi connectivity index (χ1v) is 11.5. The molecule has 6 rings (SSSR count). The van der Waals surface area contributed by atoms with Crippen LogP contribution in [0.1, 0.15) is 39.9 Å². The molecule has 0 unspecified atom stereocenters. The molecule has 0 saturated heterocycles. The van der Waals surface area contributed by atoms with Crippen LogP contribution in [0.4, 0.5) is 11.5 Å². The lowest BCUT2D eigenvalue weighted by Gasteiger charge is -2.34. The lowest BCUT2D eigenvalue weighted by molar-refractivity contribution is 0.102. The minimum atomic E-state index is -0.336. The van der Waals surface area contributed by atoms with E-state index in [0.717, 1.165) is 18.7 Å². The summed E-state index contributed by atoms with van der Waals surface area (Å²) < 4.78 is 1.47. The molecule has 0 radical (unpaired) electrons. The van der Waals surface area contributed by atoms with Crippen LogP contribution >= 0.6 is 0 Å². The number of nitrogens with two attached hydrogens (primary N) is 1. The highest BCUT2D eigenvalue weighted by molar-refractivity contribution is 6.03. The van der Waals surface area contributed by atoms with E-state index in [0.29, 0.717) is 28.2 Å². The first kappa shape index (κ1) is 21.4. The third-order valence-corrected chi connectivity index (χ3v) is 6.77. The Kier molecular flexibility index (Phi) is 4.85. The van der Waals surface area contributed by atoms with Crippen molar-refractivity contribution in [1.29, 1.82) is 0 Å². The van der Waals surface area contributed by atoms with E-state index in [9.17, 15) is 4.79 Å². The Morgan fingerprint density at radius 1 is 1.14 bits per heavy atom. The molecule has 1 aliphatic carbocycles. The molecule has 10 heteroatoms. The Morgan fingerprint density at radius 3 is 2.71 bits per heavy atom. The standard InChI is InChI=1S/C25H25N9O/c1-15-5-16(6-17-11-33(2)13-25(3-4-25)21(15)17)20-10-29-22(26)23(32-20)34-12-18(7-30-34)24(35)31-19-8-27-14-28-9-19/h5-10,12,14H,3-4,11,13H2,1-2H3,(H2,26,29)(H,31,35). The van der Waals surface area contributed by atoms with E-state index in [-0.39, 0.29) is 11.7 Å². The fourth-order valence-corrected chi connectivity index (χ4v) is 5.21. The van der Waals surface area contributed by atoms with Gasteiger partial charge in [-0.2, -0.15) is 5.10 Å². The van der Waals surface area contributed by atoms with Gasteiger partial charge >= 0.3 is 0 Å². The monoisotopic (exact) mass is 467 g/mol. The lowest BCUT2D eigenvalue weighted by atomic mass is 9.82. The van der Waals surface area contributed by atoms with Crippen molar-refractivity contribution in [3.8, 4) is 17.1 Å². The summed E-state index contributed by atoms with van der Waals surface area (Å²) in [7, 11) is 2.18. The van der Waals surface area contributed by atoms with Crippen LogP contribution in [-0.4, -0.2) is 54.1 Å². The van der Waals surface area contributed by atoms with Gasteiger partial charge in [-0.1, -0.05) is 0 Å². The Balaban J connectivity index is 1.32. The van der Waals surface area contributed by atoms with Crippen LogP contribution in [0, 0.1) is 6.92 Å². The van der Waals surface area contributed by atoms with Crippen molar-refractivity contribution in [3.63, 3.8) is 0 Å². The average Bonchev–Trinajstić information content (AvgIpc) is 3.40. The van der Waals surface area contributed by atoms with Crippen LogP contribution in [0.15, 0.2) is 49.4 Å². The van der Waals surface area contributed by atoms with Crippen molar-refractivity contribution in [2.75, 3.05) is 24.6 Å². The van der Waals surface area contributed by atoms with Crippen LogP contribution in [0.3, 0.4) is 0 Å². The van der Waals surface area contributed by atoms with E-state index in [1.54, 1.807) is 12.4 Å². The number of carbonyl (C=O) groups excluding carboxylic acids is 1. The van der Waals surface area contributed by atoms with E-state index in [1.165, 1.54) is 59.1 Å². The fourth-order valence-electron chi connectivity index (χ4n) is 5.21. The maximum atomic E-state index is 12.6. The SMILES string of the molecule is Cc1cc(-c2cnc(N)c(-n3cc(C(=O)Nc4cncnc4)cn3)n2)cc2c1C1(CC1)CN(C)C2. The number of anilines is 2. The van der Waals surface area contributed by atoms with Crippen molar-refractivity contribution in [2.45, 2.75) is 31.7 Å². The molecule has 1 saturated carbocycles. The normalized spacial score (nSPS) is 16.2. The summed E-state index contributed by atoms with van der Waals surface area (Å²) in [5.74, 6) is 0.263. The topological polar surface area (TPSA) is 128 Å². The van der Waals surface area contributed by atoms with Crippen molar-refractivity contribution < 1.29 is 4.79 Å². The molecule has 0 bridgehead atoms. The molecule has 35 heavy (non-hydrogen) atoms. The first-order chi connectivity index (χ1) is 16.9. The van der Waals surface area contributed by atoms with Gasteiger partial charge in [0.05, 0.1) is 41.7 Å². The number of nitrogen functional groups attached to an aromatic ring is 1. The van der Waals surface area contributed by atoms with E-state index < -0.39 is 0 Å².